The van der Waals surface area contributed by atoms with E-state index in [-0.39, 0.29) is 5.75 Å². The number of benzene rings is 3. The van der Waals surface area contributed by atoms with Crippen molar-refractivity contribution in [2.24, 2.45) is 0 Å². The van der Waals surface area contributed by atoms with Crippen LogP contribution in [-0.2, 0) is 10.8 Å². The summed E-state index contributed by atoms with van der Waals surface area (Å²) in [5.41, 5.74) is 0. The van der Waals surface area contributed by atoms with Crippen LogP contribution in [0.5, 0.6) is 5.75 Å². The minimum absolute atomic E-state index is 0.174. The van der Waals surface area contributed by atoms with Gasteiger partial charge in [-0.2, -0.15) is 0 Å². The van der Waals surface area contributed by atoms with Gasteiger partial charge in [0.2, 0.25) is 0 Å². The Kier molecular flexibility index (Phi) is 4.61. The predicted molar refractivity (Wildman–Crippen MR) is 89.8 cm³/mol. The van der Waals surface area contributed by atoms with E-state index in [9.17, 15) is 9.32 Å². The molecule has 0 spiro atoms. The fraction of sp³-hybridized carbons (Fsp3) is 0. The van der Waals surface area contributed by atoms with Gasteiger partial charge in [-0.15, -0.1) is 0 Å². The van der Waals surface area contributed by atoms with Gasteiger partial charge in [-0.05, 0) is 48.5 Å². The molecule has 1 unspecified atom stereocenters. The van der Waals surface area contributed by atoms with Crippen molar-refractivity contribution in [2.75, 3.05) is 0 Å². The first kappa shape index (κ1) is 14.9. The van der Waals surface area contributed by atoms with Crippen molar-refractivity contribution in [1.29, 1.82) is 0 Å². The largest absolute Gasteiger partial charge is 0.508 e. The second-order valence-electron chi connectivity index (χ2n) is 4.62. The minimum atomic E-state index is -1.27. The highest BCUT2D eigenvalue weighted by molar-refractivity contribution is 8.00. The molecule has 0 aliphatic carbocycles. The van der Waals surface area contributed by atoms with Crippen LogP contribution in [-0.4, -0.2) is 9.32 Å². The lowest BCUT2D eigenvalue weighted by Gasteiger charge is -2.09. The summed E-state index contributed by atoms with van der Waals surface area (Å²) in [5, 5.41) is 9.36. The predicted octanol–water partition coefficient (Wildman–Crippen LogP) is 4.71. The van der Waals surface area contributed by atoms with Crippen LogP contribution in [0.3, 0.4) is 0 Å². The zero-order chi connectivity index (χ0) is 15.4. The highest BCUT2D eigenvalue weighted by Gasteiger charge is 2.12. The second kappa shape index (κ2) is 6.81. The molecule has 0 radical (unpaired) electrons. The minimum Gasteiger partial charge on any atom is -0.508 e. The van der Waals surface area contributed by atoms with Crippen LogP contribution in [0.15, 0.2) is 98.4 Å². The summed E-state index contributed by atoms with van der Waals surface area (Å²) in [6.07, 6.45) is 0. The number of phenols is 1. The van der Waals surface area contributed by atoms with Crippen molar-refractivity contribution in [3.05, 3.63) is 78.9 Å². The van der Waals surface area contributed by atoms with Crippen molar-refractivity contribution in [3.8, 4) is 5.75 Å². The van der Waals surface area contributed by atoms with E-state index in [1.807, 2.05) is 54.6 Å². The van der Waals surface area contributed by atoms with E-state index in [0.717, 1.165) is 14.7 Å². The third kappa shape index (κ3) is 3.40. The summed E-state index contributed by atoms with van der Waals surface area (Å²) >= 11 is 1.60. The quantitative estimate of drug-likeness (QED) is 0.754. The molecule has 0 saturated heterocycles. The van der Waals surface area contributed by atoms with E-state index in [4.69, 9.17) is 0 Å². The smallest absolute Gasteiger partial charge is 0.115 e. The van der Waals surface area contributed by atoms with Gasteiger partial charge in [0.15, 0.2) is 0 Å². The average molecular weight is 326 g/mol. The molecule has 0 aliphatic rings. The molecule has 3 rings (SSSR count). The molecule has 2 nitrogen and oxygen atoms in total. The van der Waals surface area contributed by atoms with Crippen LogP contribution >= 0.6 is 11.8 Å². The van der Waals surface area contributed by atoms with Gasteiger partial charge in [0, 0.05) is 14.7 Å². The van der Waals surface area contributed by atoms with Gasteiger partial charge in [0.25, 0.3) is 0 Å². The Bertz CT molecular complexity index is 784. The third-order valence-corrected chi connectivity index (χ3v) is 5.74. The first-order valence-corrected chi connectivity index (χ1v) is 8.73. The summed E-state index contributed by atoms with van der Waals surface area (Å²) in [6, 6.07) is 24.2. The number of aromatic hydroxyl groups is 1. The Balaban J connectivity index is 1.94. The highest BCUT2D eigenvalue weighted by atomic mass is 32.2. The van der Waals surface area contributed by atoms with Crippen molar-refractivity contribution < 1.29 is 9.32 Å². The van der Waals surface area contributed by atoms with E-state index in [1.165, 1.54) is 0 Å². The molecule has 0 aromatic heterocycles. The molecule has 0 amide bonds. The monoisotopic (exact) mass is 326 g/mol. The Hall–Kier alpha value is -2.04. The Morgan fingerprint density at radius 2 is 1.41 bits per heavy atom. The normalized spacial score (nSPS) is 12.0. The number of hydrogen-bond acceptors (Lipinski definition) is 3. The Morgan fingerprint density at radius 3 is 2.14 bits per heavy atom. The van der Waals surface area contributed by atoms with Crippen molar-refractivity contribution in [1.82, 2.24) is 0 Å². The fourth-order valence-electron chi connectivity index (χ4n) is 2.00. The van der Waals surface area contributed by atoms with E-state index >= 15 is 0 Å². The zero-order valence-corrected chi connectivity index (χ0v) is 13.3. The SMILES string of the molecule is O=S(c1ccc(O)cc1)c1ccccc1Sc1ccccc1. The molecule has 4 heteroatoms. The second-order valence-corrected chi connectivity index (χ2v) is 7.19. The summed E-state index contributed by atoms with van der Waals surface area (Å²) < 4.78 is 12.8. The van der Waals surface area contributed by atoms with Gasteiger partial charge < -0.3 is 5.11 Å². The fourth-order valence-corrected chi connectivity index (χ4v) is 4.30. The zero-order valence-electron chi connectivity index (χ0n) is 11.7. The van der Waals surface area contributed by atoms with Gasteiger partial charge in [-0.1, -0.05) is 42.1 Å². The van der Waals surface area contributed by atoms with Gasteiger partial charge in [0.05, 0.1) is 15.7 Å². The molecule has 0 aliphatic heterocycles. The molecular weight excluding hydrogens is 312 g/mol. The van der Waals surface area contributed by atoms with Gasteiger partial charge in [0.1, 0.15) is 5.75 Å². The summed E-state index contributed by atoms with van der Waals surface area (Å²) in [6.45, 7) is 0. The lowest BCUT2D eigenvalue weighted by Crippen LogP contribution is -1.94. The maximum atomic E-state index is 12.8. The number of hydrogen-bond donors (Lipinski definition) is 1. The molecule has 3 aromatic rings. The van der Waals surface area contributed by atoms with E-state index in [0.29, 0.717) is 4.90 Å². The molecule has 0 bridgehead atoms. The van der Waals surface area contributed by atoms with Crippen LogP contribution in [0.4, 0.5) is 0 Å². The molecule has 110 valence electrons. The number of phenolic OH excluding ortho intramolecular Hbond substituents is 1. The van der Waals surface area contributed by atoms with Crippen LogP contribution < -0.4 is 0 Å². The summed E-state index contributed by atoms with van der Waals surface area (Å²) in [7, 11) is -1.27. The first-order valence-electron chi connectivity index (χ1n) is 6.77. The van der Waals surface area contributed by atoms with Crippen LogP contribution in [0.25, 0.3) is 0 Å². The van der Waals surface area contributed by atoms with Crippen LogP contribution in [0.1, 0.15) is 0 Å². The lowest BCUT2D eigenvalue weighted by atomic mass is 10.3. The standard InChI is InChI=1S/C18H14O2S2/c19-14-10-12-16(13-11-14)22(20)18-9-5-4-8-17(18)21-15-6-2-1-3-7-15/h1-13,19H. The molecule has 3 aromatic carbocycles. The maximum Gasteiger partial charge on any atom is 0.115 e. The van der Waals surface area contributed by atoms with Gasteiger partial charge in [-0.3, -0.25) is 0 Å². The number of rotatable bonds is 4. The Labute approximate surface area is 136 Å². The molecule has 0 fully saturated rings. The van der Waals surface area contributed by atoms with Gasteiger partial charge in [-0.25, -0.2) is 4.21 Å². The van der Waals surface area contributed by atoms with Crippen LogP contribution in [0, 0.1) is 0 Å². The highest BCUT2D eigenvalue weighted by Crippen LogP contribution is 2.33. The van der Waals surface area contributed by atoms with E-state index < -0.39 is 10.8 Å². The Morgan fingerprint density at radius 1 is 0.773 bits per heavy atom. The van der Waals surface area contributed by atoms with E-state index in [1.54, 1.807) is 36.0 Å². The molecule has 1 N–H and O–H groups in total. The maximum absolute atomic E-state index is 12.8. The molecule has 0 heterocycles. The molecular formula is C18H14O2S2. The summed E-state index contributed by atoms with van der Waals surface area (Å²) in [5.74, 6) is 0.174. The van der Waals surface area contributed by atoms with Crippen molar-refractivity contribution >= 4 is 22.6 Å². The third-order valence-electron chi connectivity index (χ3n) is 3.07. The van der Waals surface area contributed by atoms with Crippen molar-refractivity contribution in [3.63, 3.8) is 0 Å². The lowest BCUT2D eigenvalue weighted by molar-refractivity contribution is 0.475. The molecule has 22 heavy (non-hydrogen) atoms. The molecule has 1 atom stereocenters. The van der Waals surface area contributed by atoms with E-state index in [2.05, 4.69) is 0 Å². The first-order chi connectivity index (χ1) is 10.7. The van der Waals surface area contributed by atoms with Gasteiger partial charge >= 0.3 is 0 Å². The molecule has 0 saturated carbocycles. The van der Waals surface area contributed by atoms with Crippen LogP contribution in [0.2, 0.25) is 0 Å². The summed E-state index contributed by atoms with van der Waals surface area (Å²) in [4.78, 5) is 3.54. The van der Waals surface area contributed by atoms with Crippen molar-refractivity contribution in [2.45, 2.75) is 19.6 Å². The topological polar surface area (TPSA) is 37.3 Å². The average Bonchev–Trinajstić information content (AvgIpc) is 2.56.